The molecule has 0 radical (unpaired) electrons. The van der Waals surface area contributed by atoms with Crippen LogP contribution >= 0.6 is 0 Å². The zero-order valence-corrected chi connectivity index (χ0v) is 21.1. The quantitative estimate of drug-likeness (QED) is 0.374. The number of nitrogens with one attached hydrogen (secondary N) is 1. The van der Waals surface area contributed by atoms with Gasteiger partial charge >= 0.3 is 5.97 Å². The van der Waals surface area contributed by atoms with Crippen LogP contribution in [0.3, 0.4) is 0 Å². The summed E-state index contributed by atoms with van der Waals surface area (Å²) in [5.41, 5.74) is 4.05. The first-order valence-corrected chi connectivity index (χ1v) is 12.3. The van der Waals surface area contributed by atoms with Crippen molar-refractivity contribution in [1.82, 2.24) is 4.98 Å². The van der Waals surface area contributed by atoms with Gasteiger partial charge in [0.25, 0.3) is 0 Å². The number of para-hydroxylation sites is 1. The van der Waals surface area contributed by atoms with Gasteiger partial charge in [0.15, 0.2) is 5.43 Å². The summed E-state index contributed by atoms with van der Waals surface area (Å²) in [7, 11) is 0. The first kappa shape index (κ1) is 24.5. The molecule has 1 saturated heterocycles. The highest BCUT2D eigenvalue weighted by Crippen LogP contribution is 2.33. The van der Waals surface area contributed by atoms with Crippen molar-refractivity contribution in [2.45, 2.75) is 26.8 Å². The van der Waals surface area contributed by atoms with Crippen LogP contribution in [0.1, 0.15) is 40.0 Å². The second-order valence-corrected chi connectivity index (χ2v) is 9.34. The van der Waals surface area contributed by atoms with Crippen molar-refractivity contribution in [1.29, 1.82) is 0 Å². The molecule has 4 aromatic rings. The number of carboxylic acid groups (broad SMARTS) is 1. The minimum Gasteiger partial charge on any atom is -0.478 e. The second kappa shape index (κ2) is 10.1. The number of carboxylic acids is 1. The largest absolute Gasteiger partial charge is 0.478 e. The number of aromatic nitrogens is 1. The van der Waals surface area contributed by atoms with Crippen LogP contribution in [0.4, 0.5) is 11.5 Å². The minimum atomic E-state index is -1.01. The highest BCUT2D eigenvalue weighted by molar-refractivity contribution is 5.94. The van der Waals surface area contributed by atoms with Crippen LogP contribution in [0.15, 0.2) is 63.9 Å². The van der Waals surface area contributed by atoms with E-state index in [-0.39, 0.29) is 17.0 Å². The highest BCUT2D eigenvalue weighted by Gasteiger charge is 2.21. The van der Waals surface area contributed by atoms with E-state index in [1.54, 1.807) is 37.4 Å². The Morgan fingerprint density at radius 3 is 2.62 bits per heavy atom. The number of benzene rings is 2. The van der Waals surface area contributed by atoms with Crippen LogP contribution < -0.4 is 15.6 Å². The summed E-state index contributed by atoms with van der Waals surface area (Å²) in [6, 6.07) is 14.0. The first-order valence-electron chi connectivity index (χ1n) is 12.3. The van der Waals surface area contributed by atoms with E-state index in [2.05, 4.69) is 15.2 Å². The smallest absolute Gasteiger partial charge is 0.337 e. The van der Waals surface area contributed by atoms with Crippen molar-refractivity contribution in [2.75, 3.05) is 36.5 Å². The van der Waals surface area contributed by atoms with Crippen LogP contribution in [-0.4, -0.2) is 42.4 Å². The Hall–Kier alpha value is -4.17. The maximum atomic E-state index is 13.5. The molecule has 0 aliphatic carbocycles. The molecule has 2 N–H and O–H groups in total. The molecule has 37 heavy (non-hydrogen) atoms. The molecule has 1 atom stereocenters. The number of pyridine rings is 1. The van der Waals surface area contributed by atoms with Crippen LogP contribution in [0, 0.1) is 13.8 Å². The standard InChI is InChI=1S/C29H29N3O5/c1-17-14-22(19(3)31-24-7-5-4-6-21(24)29(34)35)28-23(15-17)26(33)18(2)27(37-28)20-8-9-30-25(16-20)32-10-12-36-13-11-32/h4-9,14-16,19,31H,10-13H2,1-3H3,(H,34,35). The Morgan fingerprint density at radius 2 is 1.86 bits per heavy atom. The molecule has 190 valence electrons. The van der Waals surface area contributed by atoms with Gasteiger partial charge in [0.05, 0.1) is 30.2 Å². The number of fused-ring (bicyclic) bond motifs is 1. The van der Waals surface area contributed by atoms with Gasteiger partial charge in [-0.2, -0.15) is 0 Å². The average Bonchev–Trinajstić information content (AvgIpc) is 2.91. The molecule has 8 heteroatoms. The molecular weight excluding hydrogens is 470 g/mol. The van der Waals surface area contributed by atoms with Gasteiger partial charge in [-0.1, -0.05) is 18.2 Å². The third kappa shape index (κ3) is 4.80. The molecule has 3 heterocycles. The molecule has 5 rings (SSSR count). The van der Waals surface area contributed by atoms with Gasteiger partial charge in [-0.05, 0) is 56.7 Å². The van der Waals surface area contributed by atoms with Crippen molar-refractivity contribution >= 4 is 28.4 Å². The van der Waals surface area contributed by atoms with Gasteiger partial charge in [0.2, 0.25) is 0 Å². The molecule has 8 nitrogen and oxygen atoms in total. The number of hydrogen-bond acceptors (Lipinski definition) is 7. The van der Waals surface area contributed by atoms with E-state index in [4.69, 9.17) is 9.15 Å². The lowest BCUT2D eigenvalue weighted by molar-refractivity contribution is 0.0698. The fourth-order valence-electron chi connectivity index (χ4n) is 4.80. The minimum absolute atomic E-state index is 0.0935. The molecule has 2 aromatic heterocycles. The van der Waals surface area contributed by atoms with Gasteiger partial charge in [-0.15, -0.1) is 0 Å². The predicted molar refractivity (Wildman–Crippen MR) is 144 cm³/mol. The van der Waals surface area contributed by atoms with Crippen molar-refractivity contribution < 1.29 is 19.1 Å². The Balaban J connectivity index is 1.61. The summed E-state index contributed by atoms with van der Waals surface area (Å²) >= 11 is 0. The summed E-state index contributed by atoms with van der Waals surface area (Å²) in [5.74, 6) is 0.299. The van der Waals surface area contributed by atoms with Gasteiger partial charge in [0.1, 0.15) is 17.2 Å². The number of hydrogen-bond donors (Lipinski definition) is 2. The van der Waals surface area contributed by atoms with Crippen molar-refractivity contribution in [3.05, 3.63) is 87.2 Å². The maximum Gasteiger partial charge on any atom is 0.337 e. The third-order valence-corrected chi connectivity index (χ3v) is 6.73. The van der Waals surface area contributed by atoms with E-state index >= 15 is 0 Å². The van der Waals surface area contributed by atoms with Crippen molar-refractivity contribution in [3.63, 3.8) is 0 Å². The van der Waals surface area contributed by atoms with E-state index in [1.165, 1.54) is 0 Å². The van der Waals surface area contributed by atoms with E-state index in [1.807, 2.05) is 38.1 Å². The zero-order chi connectivity index (χ0) is 26.1. The SMILES string of the molecule is Cc1cc(C(C)Nc2ccccc2C(=O)O)c2oc(-c3ccnc(N4CCOCC4)c3)c(C)c(=O)c2c1. The number of ether oxygens (including phenoxy) is 1. The van der Waals surface area contributed by atoms with E-state index < -0.39 is 5.97 Å². The summed E-state index contributed by atoms with van der Waals surface area (Å²) in [4.78, 5) is 31.9. The fraction of sp³-hybridized carbons (Fsp3) is 0.276. The molecular formula is C29H29N3O5. The van der Waals surface area contributed by atoms with Gasteiger partial charge < -0.3 is 24.5 Å². The number of aryl methyl sites for hydroxylation is 1. The number of nitrogens with zero attached hydrogens (tertiary/aromatic N) is 2. The monoisotopic (exact) mass is 499 g/mol. The number of aromatic carboxylic acids is 1. The average molecular weight is 500 g/mol. The van der Waals surface area contributed by atoms with Gasteiger partial charge in [-0.3, -0.25) is 4.79 Å². The van der Waals surface area contributed by atoms with E-state index in [9.17, 15) is 14.7 Å². The topological polar surface area (TPSA) is 105 Å². The Morgan fingerprint density at radius 1 is 1.11 bits per heavy atom. The number of carbonyl (C=O) groups is 1. The molecule has 1 aliphatic rings. The molecule has 1 unspecified atom stereocenters. The van der Waals surface area contributed by atoms with Crippen LogP contribution in [0.5, 0.6) is 0 Å². The summed E-state index contributed by atoms with van der Waals surface area (Å²) in [6.45, 7) is 8.44. The lowest BCUT2D eigenvalue weighted by Gasteiger charge is -2.28. The van der Waals surface area contributed by atoms with Crippen molar-refractivity contribution in [2.24, 2.45) is 0 Å². The fourth-order valence-corrected chi connectivity index (χ4v) is 4.80. The Bertz CT molecular complexity index is 1540. The number of rotatable bonds is 6. The first-order chi connectivity index (χ1) is 17.8. The van der Waals surface area contributed by atoms with Gasteiger partial charge in [0, 0.05) is 41.7 Å². The molecule has 0 bridgehead atoms. The summed E-state index contributed by atoms with van der Waals surface area (Å²) in [5, 5.41) is 13.4. The lowest BCUT2D eigenvalue weighted by Crippen LogP contribution is -2.36. The van der Waals surface area contributed by atoms with Crippen LogP contribution in [0.2, 0.25) is 0 Å². The molecule has 1 fully saturated rings. The molecule has 0 spiro atoms. The number of anilines is 2. The molecule has 2 aromatic carbocycles. The van der Waals surface area contributed by atoms with E-state index in [0.717, 1.165) is 35.6 Å². The zero-order valence-electron chi connectivity index (χ0n) is 21.1. The van der Waals surface area contributed by atoms with E-state index in [0.29, 0.717) is 41.2 Å². The maximum absolute atomic E-state index is 13.5. The third-order valence-electron chi connectivity index (χ3n) is 6.73. The molecule has 1 aliphatic heterocycles. The van der Waals surface area contributed by atoms with Crippen molar-refractivity contribution in [3.8, 4) is 11.3 Å². The van der Waals surface area contributed by atoms with Gasteiger partial charge in [-0.25, -0.2) is 9.78 Å². The highest BCUT2D eigenvalue weighted by atomic mass is 16.5. The Labute approximate surface area is 214 Å². The molecule has 0 amide bonds. The van der Waals surface area contributed by atoms with Crippen LogP contribution in [0.25, 0.3) is 22.3 Å². The predicted octanol–water partition coefficient (Wildman–Crippen LogP) is 5.18. The Kier molecular flexibility index (Phi) is 6.67. The summed E-state index contributed by atoms with van der Waals surface area (Å²) < 4.78 is 12.0. The summed E-state index contributed by atoms with van der Waals surface area (Å²) in [6.07, 6.45) is 1.73. The number of morpholine rings is 1. The normalized spacial score (nSPS) is 14.5. The second-order valence-electron chi connectivity index (χ2n) is 9.34. The lowest BCUT2D eigenvalue weighted by atomic mass is 9.98. The molecule has 0 saturated carbocycles. The van der Waals surface area contributed by atoms with Crippen LogP contribution in [-0.2, 0) is 4.74 Å².